The zero-order valence-corrected chi connectivity index (χ0v) is 16.2. The minimum Gasteiger partial charge on any atom is -0.324 e. The molecule has 0 aliphatic heterocycles. The molecule has 0 radical (unpaired) electrons. The van der Waals surface area contributed by atoms with Crippen molar-refractivity contribution < 1.29 is 0 Å². The van der Waals surface area contributed by atoms with Crippen LogP contribution < -0.4 is 5.32 Å². The second-order valence-electron chi connectivity index (χ2n) is 4.85. The van der Waals surface area contributed by atoms with Gasteiger partial charge in [-0.25, -0.2) is 9.97 Å². The first-order valence-electron chi connectivity index (χ1n) is 9.03. The molecule has 3 nitrogen and oxygen atoms in total. The van der Waals surface area contributed by atoms with E-state index in [1.165, 1.54) is 0 Å². The van der Waals surface area contributed by atoms with E-state index in [0.717, 1.165) is 22.4 Å². The Kier molecular flexibility index (Phi) is 9.88. The highest BCUT2D eigenvalue weighted by Gasteiger charge is 1.99. The third-order valence-corrected chi connectivity index (χ3v) is 3.17. The summed E-state index contributed by atoms with van der Waals surface area (Å²) >= 11 is 0. The Morgan fingerprint density at radius 2 is 1.23 bits per heavy atom. The van der Waals surface area contributed by atoms with E-state index in [0.29, 0.717) is 5.95 Å². The zero-order chi connectivity index (χ0) is 19.2. The van der Waals surface area contributed by atoms with Crippen molar-refractivity contribution >= 4 is 11.6 Å². The molecule has 0 aliphatic carbocycles. The van der Waals surface area contributed by atoms with Crippen LogP contribution in [-0.2, 0) is 0 Å². The molecule has 1 aromatic heterocycles. The lowest BCUT2D eigenvalue weighted by atomic mass is 10.2. The lowest BCUT2D eigenvalue weighted by Gasteiger charge is -2.06. The number of benzene rings is 2. The highest BCUT2D eigenvalue weighted by atomic mass is 15.1. The topological polar surface area (TPSA) is 37.8 Å². The summed E-state index contributed by atoms with van der Waals surface area (Å²) in [5, 5.41) is 3.20. The van der Waals surface area contributed by atoms with Crippen molar-refractivity contribution in [3.63, 3.8) is 0 Å². The number of nitrogens with zero attached hydrogens (tertiary/aromatic N) is 2. The molecule has 3 rings (SSSR count). The first-order chi connectivity index (χ1) is 12.8. The summed E-state index contributed by atoms with van der Waals surface area (Å²) in [6.07, 6.45) is 3.45. The average Bonchev–Trinajstić information content (AvgIpc) is 2.73. The Bertz CT molecular complexity index is 813. The maximum absolute atomic E-state index is 4.30. The summed E-state index contributed by atoms with van der Waals surface area (Å²) in [7, 11) is 0. The Hall–Kier alpha value is -3.12. The molecule has 0 fully saturated rings. The Labute approximate surface area is 157 Å². The van der Waals surface area contributed by atoms with Crippen molar-refractivity contribution in [2.24, 2.45) is 0 Å². The van der Waals surface area contributed by atoms with E-state index in [4.69, 9.17) is 0 Å². The number of nitrogens with one attached hydrogen (secondary N) is 1. The van der Waals surface area contributed by atoms with Crippen LogP contribution in [0.15, 0.2) is 67.0 Å². The number of hydrogen-bond acceptors (Lipinski definition) is 3. The molecule has 1 N–H and O–H groups in total. The summed E-state index contributed by atoms with van der Waals surface area (Å²) in [5.41, 5.74) is 3.92. The molecule has 0 bridgehead atoms. The molecule has 0 saturated heterocycles. The van der Waals surface area contributed by atoms with Gasteiger partial charge in [0.05, 0.1) is 5.56 Å². The fourth-order valence-corrected chi connectivity index (χ4v) is 1.96. The van der Waals surface area contributed by atoms with Gasteiger partial charge in [-0.2, -0.15) is 0 Å². The van der Waals surface area contributed by atoms with Gasteiger partial charge >= 0.3 is 0 Å². The van der Waals surface area contributed by atoms with Crippen molar-refractivity contribution in [3.05, 3.63) is 83.7 Å². The van der Waals surface area contributed by atoms with Gasteiger partial charge in [0, 0.05) is 23.6 Å². The lowest BCUT2D eigenvalue weighted by Crippen LogP contribution is -1.98. The van der Waals surface area contributed by atoms with E-state index in [2.05, 4.69) is 27.1 Å². The number of para-hydroxylation sites is 1. The smallest absolute Gasteiger partial charge is 0.227 e. The van der Waals surface area contributed by atoms with E-state index in [9.17, 15) is 0 Å². The highest BCUT2D eigenvalue weighted by Crippen LogP contribution is 2.16. The van der Waals surface area contributed by atoms with E-state index < -0.39 is 0 Å². The van der Waals surface area contributed by atoms with Gasteiger partial charge in [0.25, 0.3) is 0 Å². The van der Waals surface area contributed by atoms with E-state index in [1.54, 1.807) is 12.4 Å². The predicted molar refractivity (Wildman–Crippen MR) is 112 cm³/mol. The van der Waals surface area contributed by atoms with Crippen LogP contribution in [0.1, 0.15) is 44.4 Å². The van der Waals surface area contributed by atoms with Crippen LogP contribution in [0.2, 0.25) is 0 Å². The number of anilines is 2. The van der Waals surface area contributed by atoms with Crippen LogP contribution in [0.3, 0.4) is 0 Å². The second kappa shape index (κ2) is 12.3. The molecule has 0 unspecified atom stereocenters. The van der Waals surface area contributed by atoms with E-state index >= 15 is 0 Å². The summed E-state index contributed by atoms with van der Waals surface area (Å²) in [6.45, 7) is 10.0. The summed E-state index contributed by atoms with van der Waals surface area (Å²) in [6, 6.07) is 17.9. The second-order valence-corrected chi connectivity index (χ2v) is 4.85. The third-order valence-electron chi connectivity index (χ3n) is 3.17. The summed E-state index contributed by atoms with van der Waals surface area (Å²) in [4.78, 5) is 8.61. The molecule has 2 aromatic carbocycles. The Balaban J connectivity index is 0.000000791. The van der Waals surface area contributed by atoms with Crippen molar-refractivity contribution in [2.75, 3.05) is 5.32 Å². The van der Waals surface area contributed by atoms with Gasteiger partial charge in [0.1, 0.15) is 0 Å². The minimum atomic E-state index is 0.569. The molecular weight excluding hydrogens is 318 g/mol. The highest BCUT2D eigenvalue weighted by molar-refractivity contribution is 5.57. The van der Waals surface area contributed by atoms with Gasteiger partial charge < -0.3 is 5.32 Å². The van der Waals surface area contributed by atoms with Crippen LogP contribution in [0.4, 0.5) is 11.6 Å². The molecule has 0 amide bonds. The van der Waals surface area contributed by atoms with Crippen LogP contribution in [0, 0.1) is 18.8 Å². The summed E-state index contributed by atoms with van der Waals surface area (Å²) < 4.78 is 0. The number of aryl methyl sites for hydroxylation is 1. The van der Waals surface area contributed by atoms with Gasteiger partial charge in [-0.3, -0.25) is 0 Å². The monoisotopic (exact) mass is 345 g/mol. The van der Waals surface area contributed by atoms with E-state index in [-0.39, 0.29) is 0 Å². The first-order valence-corrected chi connectivity index (χ1v) is 9.03. The molecule has 0 atom stereocenters. The quantitative estimate of drug-likeness (QED) is 0.580. The SMILES string of the molecule is CC.CC.Cc1ccccc1Nc1ncc(C#Cc2ccccc2)cn1. The maximum Gasteiger partial charge on any atom is 0.227 e. The molecule has 3 heteroatoms. The van der Waals surface area contributed by atoms with Gasteiger partial charge in [-0.15, -0.1) is 0 Å². The molecule has 3 aromatic rings. The van der Waals surface area contributed by atoms with Gasteiger partial charge in [0.2, 0.25) is 5.95 Å². The normalized spacial score (nSPS) is 8.65. The third kappa shape index (κ3) is 6.78. The van der Waals surface area contributed by atoms with E-state index in [1.807, 2.05) is 89.2 Å². The molecule has 0 saturated carbocycles. The number of rotatable bonds is 2. The number of aromatic nitrogens is 2. The lowest BCUT2D eigenvalue weighted by molar-refractivity contribution is 1.15. The van der Waals surface area contributed by atoms with Crippen LogP contribution >= 0.6 is 0 Å². The fraction of sp³-hybridized carbons (Fsp3) is 0.217. The van der Waals surface area contributed by atoms with Crippen molar-refractivity contribution in [2.45, 2.75) is 34.6 Å². The van der Waals surface area contributed by atoms with Crippen LogP contribution in [-0.4, -0.2) is 9.97 Å². The van der Waals surface area contributed by atoms with Crippen LogP contribution in [0.5, 0.6) is 0 Å². The largest absolute Gasteiger partial charge is 0.324 e. The molecular formula is C23H27N3. The Morgan fingerprint density at radius 1 is 0.692 bits per heavy atom. The average molecular weight is 345 g/mol. The predicted octanol–water partition coefficient (Wildman–Crippen LogP) is 5.98. The summed E-state index contributed by atoms with van der Waals surface area (Å²) in [5.74, 6) is 6.72. The molecule has 134 valence electrons. The van der Waals surface area contributed by atoms with Gasteiger partial charge in [-0.05, 0) is 30.7 Å². The standard InChI is InChI=1S/C19H15N3.2C2H6/c1-15-7-5-6-10-18(15)22-19-20-13-17(14-21-19)12-11-16-8-3-2-4-9-16;2*1-2/h2-10,13-14H,1H3,(H,20,21,22);2*1-2H3. The Morgan fingerprint density at radius 3 is 1.85 bits per heavy atom. The first kappa shape index (κ1) is 20.9. The zero-order valence-electron chi connectivity index (χ0n) is 16.2. The van der Waals surface area contributed by atoms with Gasteiger partial charge in [-0.1, -0.05) is 75.9 Å². The van der Waals surface area contributed by atoms with Crippen molar-refractivity contribution in [1.29, 1.82) is 0 Å². The molecule has 26 heavy (non-hydrogen) atoms. The van der Waals surface area contributed by atoms with Crippen molar-refractivity contribution in [1.82, 2.24) is 9.97 Å². The van der Waals surface area contributed by atoms with Gasteiger partial charge in [0.15, 0.2) is 0 Å². The molecule has 0 aliphatic rings. The minimum absolute atomic E-state index is 0.569. The van der Waals surface area contributed by atoms with Crippen molar-refractivity contribution in [3.8, 4) is 11.8 Å². The maximum atomic E-state index is 4.30. The molecule has 1 heterocycles. The molecule has 0 spiro atoms. The number of hydrogen-bond donors (Lipinski definition) is 1. The fourth-order valence-electron chi connectivity index (χ4n) is 1.96. The van der Waals surface area contributed by atoms with Crippen LogP contribution in [0.25, 0.3) is 0 Å².